The van der Waals surface area contributed by atoms with Crippen molar-refractivity contribution in [2.24, 2.45) is 0 Å². The largest absolute Gasteiger partial charge is 0.494 e. The van der Waals surface area contributed by atoms with Crippen LogP contribution in [0.2, 0.25) is 0 Å². The van der Waals surface area contributed by atoms with Gasteiger partial charge in [0, 0.05) is 10.9 Å². The Morgan fingerprint density at radius 1 is 1.50 bits per heavy atom. The summed E-state index contributed by atoms with van der Waals surface area (Å²) in [5, 5.41) is 18.5. The zero-order valence-corrected chi connectivity index (χ0v) is 11.8. The van der Waals surface area contributed by atoms with E-state index in [0.29, 0.717) is 19.4 Å². The number of ether oxygens (including phenoxy) is 1. The molecule has 18 heavy (non-hydrogen) atoms. The van der Waals surface area contributed by atoms with Crippen LogP contribution in [0.25, 0.3) is 0 Å². The van der Waals surface area contributed by atoms with Crippen LogP contribution in [0.1, 0.15) is 37.9 Å². The van der Waals surface area contributed by atoms with E-state index in [9.17, 15) is 9.90 Å². The monoisotopic (exact) mass is 316 g/mol. The van der Waals surface area contributed by atoms with Gasteiger partial charge in [0.1, 0.15) is 5.75 Å². The maximum absolute atomic E-state index is 10.4. The minimum Gasteiger partial charge on any atom is -0.494 e. The maximum atomic E-state index is 10.4. The number of benzene rings is 1. The van der Waals surface area contributed by atoms with Crippen molar-refractivity contribution in [1.82, 2.24) is 0 Å². The van der Waals surface area contributed by atoms with E-state index in [1.165, 1.54) is 0 Å². The average molecular weight is 317 g/mol. The first-order valence-corrected chi connectivity index (χ1v) is 6.66. The van der Waals surface area contributed by atoms with Gasteiger partial charge in [0.15, 0.2) is 0 Å². The van der Waals surface area contributed by atoms with Gasteiger partial charge in [-0.3, -0.25) is 4.79 Å². The van der Waals surface area contributed by atoms with Crippen LogP contribution in [0, 0.1) is 0 Å². The van der Waals surface area contributed by atoms with Gasteiger partial charge in [0.25, 0.3) is 0 Å². The van der Waals surface area contributed by atoms with Gasteiger partial charge in [-0.15, -0.1) is 0 Å². The molecule has 0 fully saturated rings. The first-order chi connectivity index (χ1) is 8.54. The van der Waals surface area contributed by atoms with E-state index in [4.69, 9.17) is 9.84 Å². The number of carboxylic acids is 1. The predicted octanol–water partition coefficient (Wildman–Crippen LogP) is 3.14. The van der Waals surface area contributed by atoms with Gasteiger partial charge in [-0.25, -0.2) is 0 Å². The third-order valence-corrected chi connectivity index (χ3v) is 3.20. The van der Waals surface area contributed by atoms with Crippen molar-refractivity contribution in [3.8, 4) is 5.75 Å². The van der Waals surface area contributed by atoms with Gasteiger partial charge < -0.3 is 14.9 Å². The fourth-order valence-electron chi connectivity index (χ4n) is 1.64. The zero-order chi connectivity index (χ0) is 13.5. The number of halogens is 1. The van der Waals surface area contributed by atoms with Crippen molar-refractivity contribution in [1.29, 1.82) is 0 Å². The highest BCUT2D eigenvalue weighted by atomic mass is 79.9. The first kappa shape index (κ1) is 15.0. The third kappa shape index (κ3) is 4.66. The van der Waals surface area contributed by atoms with E-state index in [0.717, 1.165) is 15.8 Å². The number of hydrogen-bond donors (Lipinski definition) is 2. The molecule has 0 aromatic heterocycles. The Hall–Kier alpha value is -1.07. The number of aliphatic hydroxyl groups is 1. The molecule has 1 aromatic carbocycles. The van der Waals surface area contributed by atoms with Crippen molar-refractivity contribution in [2.45, 2.75) is 32.3 Å². The molecule has 1 rings (SSSR count). The number of rotatable bonds is 7. The summed E-state index contributed by atoms with van der Waals surface area (Å²) in [5.74, 6) is -0.0983. The van der Waals surface area contributed by atoms with Gasteiger partial charge in [-0.05, 0) is 37.5 Å². The molecular formula is C13H17BrO4. The van der Waals surface area contributed by atoms with Crippen molar-refractivity contribution < 1.29 is 19.7 Å². The Morgan fingerprint density at radius 2 is 2.22 bits per heavy atom. The molecule has 0 aliphatic heterocycles. The fourth-order valence-corrected chi connectivity index (χ4v) is 2.26. The van der Waals surface area contributed by atoms with Gasteiger partial charge >= 0.3 is 5.97 Å². The second-order valence-electron chi connectivity index (χ2n) is 3.92. The summed E-state index contributed by atoms with van der Waals surface area (Å²) < 4.78 is 6.12. The number of carbonyl (C=O) groups is 1. The molecule has 1 atom stereocenters. The predicted molar refractivity (Wildman–Crippen MR) is 71.8 cm³/mol. The lowest BCUT2D eigenvalue weighted by atomic mass is 10.0. The Morgan fingerprint density at radius 3 is 2.78 bits per heavy atom. The third-order valence-electron chi connectivity index (χ3n) is 2.51. The second-order valence-corrected chi connectivity index (χ2v) is 4.77. The molecule has 0 heterocycles. The minimum atomic E-state index is -0.840. The van der Waals surface area contributed by atoms with Crippen LogP contribution >= 0.6 is 15.9 Å². The number of carboxylic acid groups (broad SMARTS) is 1. The molecule has 0 saturated carbocycles. The number of aliphatic carboxylic acids is 1. The summed E-state index contributed by atoms with van der Waals surface area (Å²) >= 11 is 3.38. The molecule has 0 amide bonds. The van der Waals surface area contributed by atoms with Crippen molar-refractivity contribution in [3.63, 3.8) is 0 Å². The standard InChI is InChI=1S/C13H17BrO4/c1-2-18-9-6-7-10(11(14)8-9)12(15)4-3-5-13(16)17/h6-8,12,15H,2-5H2,1H3,(H,16,17)/t12-/m1/s1. The van der Waals surface area contributed by atoms with Crippen LogP contribution in [0.3, 0.4) is 0 Å². The topological polar surface area (TPSA) is 66.8 Å². The van der Waals surface area contributed by atoms with Crippen LogP contribution in [-0.2, 0) is 4.79 Å². The van der Waals surface area contributed by atoms with E-state index >= 15 is 0 Å². The second kappa shape index (κ2) is 7.38. The minimum absolute atomic E-state index is 0.0751. The smallest absolute Gasteiger partial charge is 0.303 e. The summed E-state index contributed by atoms with van der Waals surface area (Å²) in [6.45, 7) is 2.50. The molecule has 2 N–H and O–H groups in total. The molecular weight excluding hydrogens is 300 g/mol. The molecule has 0 aliphatic carbocycles. The summed E-state index contributed by atoms with van der Waals surface area (Å²) in [6, 6.07) is 5.39. The van der Waals surface area contributed by atoms with Gasteiger partial charge in [0.2, 0.25) is 0 Å². The Balaban J connectivity index is 2.62. The molecule has 0 radical (unpaired) electrons. The number of aliphatic hydroxyl groups excluding tert-OH is 1. The van der Waals surface area contributed by atoms with E-state index in [-0.39, 0.29) is 6.42 Å². The van der Waals surface area contributed by atoms with E-state index in [1.807, 2.05) is 6.92 Å². The van der Waals surface area contributed by atoms with Crippen molar-refractivity contribution in [3.05, 3.63) is 28.2 Å². The highest BCUT2D eigenvalue weighted by Crippen LogP contribution is 2.30. The lowest BCUT2D eigenvalue weighted by Gasteiger charge is -2.13. The molecule has 1 aromatic rings. The fraction of sp³-hybridized carbons (Fsp3) is 0.462. The molecule has 0 unspecified atom stereocenters. The summed E-state index contributed by atoms with van der Waals surface area (Å²) in [7, 11) is 0. The molecule has 100 valence electrons. The van der Waals surface area contributed by atoms with Crippen molar-refractivity contribution in [2.75, 3.05) is 6.61 Å². The summed E-state index contributed by atoms with van der Waals surface area (Å²) in [5.41, 5.74) is 0.754. The normalized spacial score (nSPS) is 12.2. The van der Waals surface area contributed by atoms with Crippen LogP contribution in [0.5, 0.6) is 5.75 Å². The average Bonchev–Trinajstić information content (AvgIpc) is 2.28. The van der Waals surface area contributed by atoms with E-state index < -0.39 is 12.1 Å². The SMILES string of the molecule is CCOc1ccc([C@H](O)CCCC(=O)O)c(Br)c1. The maximum Gasteiger partial charge on any atom is 0.303 e. The van der Waals surface area contributed by atoms with Gasteiger partial charge in [-0.1, -0.05) is 22.0 Å². The highest BCUT2D eigenvalue weighted by molar-refractivity contribution is 9.10. The van der Waals surface area contributed by atoms with Crippen LogP contribution in [0.15, 0.2) is 22.7 Å². The molecule has 4 nitrogen and oxygen atoms in total. The first-order valence-electron chi connectivity index (χ1n) is 5.86. The quantitative estimate of drug-likeness (QED) is 0.811. The van der Waals surface area contributed by atoms with Crippen LogP contribution in [-0.4, -0.2) is 22.8 Å². The summed E-state index contributed by atoms with van der Waals surface area (Å²) in [6.07, 6.45) is 0.301. The van der Waals surface area contributed by atoms with E-state index in [1.54, 1.807) is 18.2 Å². The van der Waals surface area contributed by atoms with Crippen LogP contribution < -0.4 is 4.74 Å². The van der Waals surface area contributed by atoms with Gasteiger partial charge in [-0.2, -0.15) is 0 Å². The molecule has 0 bridgehead atoms. The molecule has 0 aliphatic rings. The number of hydrogen-bond acceptors (Lipinski definition) is 3. The lowest BCUT2D eigenvalue weighted by Crippen LogP contribution is -2.02. The zero-order valence-electron chi connectivity index (χ0n) is 10.2. The van der Waals surface area contributed by atoms with Gasteiger partial charge in [0.05, 0.1) is 12.7 Å². The molecule has 0 spiro atoms. The summed E-state index contributed by atoms with van der Waals surface area (Å²) in [4.78, 5) is 10.4. The van der Waals surface area contributed by atoms with Crippen molar-refractivity contribution >= 4 is 21.9 Å². The van der Waals surface area contributed by atoms with Crippen LogP contribution in [0.4, 0.5) is 0 Å². The lowest BCUT2D eigenvalue weighted by molar-refractivity contribution is -0.137. The Kier molecular flexibility index (Phi) is 6.15. The Bertz CT molecular complexity index is 406. The Labute approximate surface area is 115 Å². The highest BCUT2D eigenvalue weighted by Gasteiger charge is 2.12. The molecule has 5 heteroatoms. The molecule has 0 saturated heterocycles. The van der Waals surface area contributed by atoms with E-state index in [2.05, 4.69) is 15.9 Å².